The Hall–Kier alpha value is -1.60. The molecule has 1 aromatic carbocycles. The molecule has 1 saturated heterocycles. The molecule has 1 heterocycles. The Kier molecular flexibility index (Phi) is 9.52. The van der Waals surface area contributed by atoms with Gasteiger partial charge in [0.25, 0.3) is 0 Å². The fourth-order valence-corrected chi connectivity index (χ4v) is 2.89. The molecule has 25 heavy (non-hydrogen) atoms. The normalized spacial score (nSPS) is 23.2. The monoisotopic (exact) mass is 367 g/mol. The molecule has 0 aromatic heterocycles. The van der Waals surface area contributed by atoms with Crippen molar-refractivity contribution in [3.63, 3.8) is 0 Å². The molecule has 1 fully saturated rings. The number of nitriles is 1. The molecule has 0 aliphatic carbocycles. The van der Waals surface area contributed by atoms with Crippen LogP contribution in [0, 0.1) is 11.3 Å². The molecule has 8 heteroatoms. The number of benzene rings is 1. The summed E-state index contributed by atoms with van der Waals surface area (Å²) >= 11 is 1.13. The Morgan fingerprint density at radius 1 is 1.32 bits per heavy atom. The molecule has 7 nitrogen and oxygen atoms in total. The smallest absolute Gasteiger partial charge is 0.171 e. The second kappa shape index (κ2) is 11.1. The quantitative estimate of drug-likeness (QED) is 0.450. The molecule has 2 rings (SSSR count). The minimum atomic E-state index is -0.981. The molecule has 0 radical (unpaired) electrons. The van der Waals surface area contributed by atoms with Crippen LogP contribution in [0.25, 0.3) is 6.08 Å². The third kappa shape index (κ3) is 7.04. The van der Waals surface area contributed by atoms with Crippen LogP contribution in [0.3, 0.4) is 0 Å². The lowest BCUT2D eigenvalue weighted by atomic mass is 10.1. The van der Waals surface area contributed by atoms with E-state index in [9.17, 15) is 15.5 Å². The summed E-state index contributed by atoms with van der Waals surface area (Å²) in [5, 5.41) is 35.5. The zero-order valence-corrected chi connectivity index (χ0v) is 15.4. The van der Waals surface area contributed by atoms with Gasteiger partial charge in [-0.25, -0.2) is 0 Å². The average Bonchev–Trinajstić information content (AvgIpc) is 2.63. The molecule has 3 unspecified atom stereocenters. The molecule has 0 amide bonds. The molecule has 1 aliphatic heterocycles. The fraction of sp³-hybridized carbons (Fsp3) is 0.471. The molecule has 3 atom stereocenters. The van der Waals surface area contributed by atoms with Crippen molar-refractivity contribution in [2.24, 2.45) is 0 Å². The number of hydrogen-bond donors (Lipinski definition) is 4. The second-order valence-corrected chi connectivity index (χ2v) is 6.43. The van der Waals surface area contributed by atoms with Gasteiger partial charge in [-0.05, 0) is 42.1 Å². The molecular formula is C17H25N3O4S. The second-order valence-electron chi connectivity index (χ2n) is 5.55. The lowest BCUT2D eigenvalue weighted by Crippen LogP contribution is -2.46. The van der Waals surface area contributed by atoms with Crippen molar-refractivity contribution in [3.8, 4) is 6.07 Å². The van der Waals surface area contributed by atoms with Crippen molar-refractivity contribution in [2.45, 2.75) is 24.9 Å². The average molecular weight is 367 g/mol. The van der Waals surface area contributed by atoms with Gasteiger partial charge in [-0.2, -0.15) is 5.26 Å². The van der Waals surface area contributed by atoms with Gasteiger partial charge in [-0.3, -0.25) is 4.72 Å². The first kappa shape index (κ1) is 21.4. The van der Waals surface area contributed by atoms with E-state index < -0.39 is 18.4 Å². The largest absolute Gasteiger partial charge is 0.400 e. The molecule has 0 saturated carbocycles. The van der Waals surface area contributed by atoms with Crippen LogP contribution in [0.1, 0.15) is 12.0 Å². The van der Waals surface area contributed by atoms with Gasteiger partial charge in [0.15, 0.2) is 6.29 Å². The molecule has 138 valence electrons. The van der Waals surface area contributed by atoms with Gasteiger partial charge < -0.3 is 25.0 Å². The zero-order chi connectivity index (χ0) is 18.8. The molecule has 1 aromatic rings. The number of aliphatic hydroxyl groups is 3. The summed E-state index contributed by atoms with van der Waals surface area (Å²) in [6, 6.07) is 9.54. The Balaban J connectivity index is 0.00000151. The van der Waals surface area contributed by atoms with Gasteiger partial charge in [-0.15, -0.1) is 0 Å². The third-order valence-electron chi connectivity index (χ3n) is 3.47. The highest BCUT2D eigenvalue weighted by molar-refractivity contribution is 8.01. The Morgan fingerprint density at radius 3 is 2.52 bits per heavy atom. The van der Waals surface area contributed by atoms with Crippen LogP contribution in [0.5, 0.6) is 0 Å². The van der Waals surface area contributed by atoms with Crippen molar-refractivity contribution < 1.29 is 20.1 Å². The summed E-state index contributed by atoms with van der Waals surface area (Å²) in [6.07, 6.45) is 0.559. The minimum Gasteiger partial charge on any atom is -0.400 e. The first-order valence-electron chi connectivity index (χ1n) is 7.73. The van der Waals surface area contributed by atoms with Crippen molar-refractivity contribution in [1.82, 2.24) is 4.72 Å². The number of rotatable bonds is 5. The Labute approximate surface area is 152 Å². The van der Waals surface area contributed by atoms with Gasteiger partial charge in [-0.1, -0.05) is 12.1 Å². The summed E-state index contributed by atoms with van der Waals surface area (Å²) in [4.78, 5) is 2.47. The van der Waals surface area contributed by atoms with Gasteiger partial charge in [0.05, 0.1) is 18.8 Å². The van der Waals surface area contributed by atoms with Crippen molar-refractivity contribution in [1.29, 1.82) is 5.26 Å². The van der Waals surface area contributed by atoms with Crippen molar-refractivity contribution >= 4 is 23.7 Å². The number of ether oxygens (including phenoxy) is 1. The predicted molar refractivity (Wildman–Crippen MR) is 99.6 cm³/mol. The SMILES string of the molecule is CN(C)c1ccc(/C=C(\C#N)SNC2CC(O)COC2O)cc1.CO. The summed E-state index contributed by atoms with van der Waals surface area (Å²) in [5.41, 5.74) is 2.00. The summed E-state index contributed by atoms with van der Waals surface area (Å²) < 4.78 is 8.03. The first-order chi connectivity index (χ1) is 12.0. The number of hydrogen-bond acceptors (Lipinski definition) is 8. The van der Waals surface area contributed by atoms with Crippen LogP contribution in [0.2, 0.25) is 0 Å². The Morgan fingerprint density at radius 2 is 1.96 bits per heavy atom. The van der Waals surface area contributed by atoms with E-state index >= 15 is 0 Å². The van der Waals surface area contributed by atoms with Crippen LogP contribution in [-0.2, 0) is 4.74 Å². The number of aliphatic hydroxyl groups excluding tert-OH is 3. The van der Waals surface area contributed by atoms with E-state index in [1.165, 1.54) is 0 Å². The minimum absolute atomic E-state index is 0.128. The summed E-state index contributed by atoms with van der Waals surface area (Å²) in [6.45, 7) is 0.128. The zero-order valence-electron chi connectivity index (χ0n) is 14.6. The summed E-state index contributed by atoms with van der Waals surface area (Å²) in [7, 11) is 4.94. The van der Waals surface area contributed by atoms with Crippen molar-refractivity contribution in [2.75, 3.05) is 32.7 Å². The van der Waals surface area contributed by atoms with Crippen LogP contribution < -0.4 is 9.62 Å². The maximum Gasteiger partial charge on any atom is 0.171 e. The van der Waals surface area contributed by atoms with Crippen LogP contribution in [-0.4, -0.2) is 61.6 Å². The number of nitrogens with zero attached hydrogens (tertiary/aromatic N) is 2. The van der Waals surface area contributed by atoms with Crippen LogP contribution >= 0.6 is 11.9 Å². The van der Waals surface area contributed by atoms with E-state index in [1.54, 1.807) is 6.08 Å². The van der Waals surface area contributed by atoms with Crippen molar-refractivity contribution in [3.05, 3.63) is 34.7 Å². The van der Waals surface area contributed by atoms with Gasteiger partial charge in [0.1, 0.15) is 11.0 Å². The maximum atomic E-state index is 9.73. The lowest BCUT2D eigenvalue weighted by Gasteiger charge is -2.30. The van der Waals surface area contributed by atoms with Crippen LogP contribution in [0.4, 0.5) is 5.69 Å². The maximum absolute atomic E-state index is 9.73. The van der Waals surface area contributed by atoms with E-state index in [0.717, 1.165) is 30.3 Å². The fourth-order valence-electron chi connectivity index (χ4n) is 2.15. The lowest BCUT2D eigenvalue weighted by molar-refractivity contribution is -0.168. The molecule has 0 spiro atoms. The molecule has 0 bridgehead atoms. The number of allylic oxidation sites excluding steroid dienone is 1. The highest BCUT2D eigenvalue weighted by atomic mass is 32.2. The van der Waals surface area contributed by atoms with E-state index in [0.29, 0.717) is 11.3 Å². The van der Waals surface area contributed by atoms with E-state index in [4.69, 9.17) is 9.84 Å². The summed E-state index contributed by atoms with van der Waals surface area (Å²) in [5.74, 6) is 0. The number of nitrogens with one attached hydrogen (secondary N) is 1. The molecule has 1 aliphatic rings. The van der Waals surface area contributed by atoms with E-state index in [2.05, 4.69) is 10.8 Å². The number of anilines is 1. The highest BCUT2D eigenvalue weighted by Crippen LogP contribution is 2.21. The topological polar surface area (TPSA) is 109 Å². The Bertz CT molecular complexity index is 587. The van der Waals surface area contributed by atoms with Gasteiger partial charge in [0, 0.05) is 26.9 Å². The molecule has 4 N–H and O–H groups in total. The van der Waals surface area contributed by atoms with E-state index in [1.807, 2.05) is 43.3 Å². The first-order valence-corrected chi connectivity index (χ1v) is 8.55. The van der Waals surface area contributed by atoms with Crippen LogP contribution in [0.15, 0.2) is 29.2 Å². The van der Waals surface area contributed by atoms with Gasteiger partial charge >= 0.3 is 0 Å². The molecular weight excluding hydrogens is 342 g/mol. The standard InChI is InChI=1S/C16H21N3O3S.CH4O/c1-19(2)12-5-3-11(4-6-12)7-14(9-17)23-18-15-8-13(20)10-22-16(15)21;1-2/h3-7,13,15-16,18,20-21H,8,10H2,1-2H3;2H,1H3/b14-7+;. The van der Waals surface area contributed by atoms with Gasteiger partial charge in [0.2, 0.25) is 0 Å². The predicted octanol–water partition coefficient (Wildman–Crippen LogP) is 0.932. The van der Waals surface area contributed by atoms with E-state index in [-0.39, 0.29) is 6.61 Å². The highest BCUT2D eigenvalue weighted by Gasteiger charge is 2.29. The third-order valence-corrected chi connectivity index (χ3v) is 4.32.